The molecule has 0 spiro atoms. The number of nitrogens with zero attached hydrogens (tertiary/aromatic N) is 2. The third kappa shape index (κ3) is 6.41. The fraction of sp³-hybridized carbons (Fsp3) is 0.455. The molecule has 1 aliphatic rings. The molecule has 1 aromatic carbocycles. The summed E-state index contributed by atoms with van der Waals surface area (Å²) in [6.45, 7) is 6.99. The summed E-state index contributed by atoms with van der Waals surface area (Å²) in [7, 11) is 0. The first-order chi connectivity index (χ1) is 14.2. The fourth-order valence-electron chi connectivity index (χ4n) is 3.04. The van der Waals surface area contributed by atoms with Gasteiger partial charge in [-0.3, -0.25) is 4.98 Å². The minimum atomic E-state index is -0.498. The van der Waals surface area contributed by atoms with Crippen molar-refractivity contribution in [2.24, 2.45) is 0 Å². The largest absolute Gasteiger partial charge is 0.488 e. The van der Waals surface area contributed by atoms with Crippen LogP contribution in [0.5, 0.6) is 11.5 Å². The number of halogens is 2. The molecule has 1 fully saturated rings. The molecule has 0 radical (unpaired) electrons. The van der Waals surface area contributed by atoms with Crippen LogP contribution in [0, 0.1) is 0 Å². The molecule has 30 heavy (non-hydrogen) atoms. The number of piperidine rings is 1. The van der Waals surface area contributed by atoms with Gasteiger partial charge in [0.05, 0.1) is 5.02 Å². The Balaban J connectivity index is 1.56. The van der Waals surface area contributed by atoms with Crippen LogP contribution < -0.4 is 9.47 Å². The van der Waals surface area contributed by atoms with Gasteiger partial charge in [0, 0.05) is 37.2 Å². The summed E-state index contributed by atoms with van der Waals surface area (Å²) in [4.78, 5) is 18.3. The lowest BCUT2D eigenvalue weighted by Crippen LogP contribution is -2.44. The smallest absolute Gasteiger partial charge is 0.410 e. The van der Waals surface area contributed by atoms with Gasteiger partial charge >= 0.3 is 6.09 Å². The quantitative estimate of drug-likeness (QED) is 0.577. The number of pyridine rings is 1. The zero-order valence-corrected chi connectivity index (χ0v) is 18.9. The molecule has 3 rings (SSSR count). The number of carbonyl (C=O) groups excluding carboxylic acids is 1. The lowest BCUT2D eigenvalue weighted by atomic mass is 10.1. The minimum Gasteiger partial charge on any atom is -0.488 e. The van der Waals surface area contributed by atoms with Crippen molar-refractivity contribution in [3.05, 3.63) is 52.3 Å². The van der Waals surface area contributed by atoms with E-state index in [2.05, 4.69) is 4.98 Å². The maximum absolute atomic E-state index is 12.2. The van der Waals surface area contributed by atoms with Gasteiger partial charge in [-0.05, 0) is 51.1 Å². The van der Waals surface area contributed by atoms with Gasteiger partial charge in [0.25, 0.3) is 0 Å². The molecule has 1 aliphatic heterocycles. The Morgan fingerprint density at radius 2 is 1.90 bits per heavy atom. The predicted molar refractivity (Wildman–Crippen MR) is 116 cm³/mol. The van der Waals surface area contributed by atoms with E-state index in [9.17, 15) is 4.79 Å². The maximum Gasteiger partial charge on any atom is 0.410 e. The molecule has 162 valence electrons. The first kappa shape index (κ1) is 22.5. The lowest BCUT2D eigenvalue weighted by molar-refractivity contribution is 0.0125. The Labute approximate surface area is 187 Å². The topological polar surface area (TPSA) is 60.9 Å². The van der Waals surface area contributed by atoms with Gasteiger partial charge in [-0.25, -0.2) is 4.79 Å². The van der Waals surface area contributed by atoms with Gasteiger partial charge in [0.2, 0.25) is 0 Å². The number of rotatable bonds is 5. The van der Waals surface area contributed by atoms with Crippen molar-refractivity contribution in [2.45, 2.75) is 51.9 Å². The number of amides is 1. The van der Waals surface area contributed by atoms with E-state index in [1.165, 1.54) is 0 Å². The van der Waals surface area contributed by atoms with Gasteiger partial charge < -0.3 is 19.1 Å². The lowest BCUT2D eigenvalue weighted by Gasteiger charge is -2.33. The van der Waals surface area contributed by atoms with Crippen LogP contribution in [0.3, 0.4) is 0 Å². The molecule has 2 aromatic rings. The van der Waals surface area contributed by atoms with Gasteiger partial charge in [-0.15, -0.1) is 0 Å². The molecule has 0 atom stereocenters. The van der Waals surface area contributed by atoms with Crippen LogP contribution in [-0.2, 0) is 11.3 Å². The van der Waals surface area contributed by atoms with Gasteiger partial charge in [0.15, 0.2) is 0 Å². The van der Waals surface area contributed by atoms with E-state index in [-0.39, 0.29) is 18.8 Å². The molecule has 0 saturated carbocycles. The van der Waals surface area contributed by atoms with E-state index < -0.39 is 5.60 Å². The molecular weight excluding hydrogens is 427 g/mol. The summed E-state index contributed by atoms with van der Waals surface area (Å²) in [6, 6.07) is 8.77. The van der Waals surface area contributed by atoms with Crippen LogP contribution in [0.1, 0.15) is 39.3 Å². The summed E-state index contributed by atoms with van der Waals surface area (Å²) in [6.07, 6.45) is 2.84. The van der Waals surface area contributed by atoms with Gasteiger partial charge in [-0.2, -0.15) is 0 Å². The van der Waals surface area contributed by atoms with Crippen molar-refractivity contribution in [3.8, 4) is 11.5 Å². The molecular formula is C22H26Cl2N2O4. The highest BCUT2D eigenvalue weighted by Crippen LogP contribution is 2.29. The van der Waals surface area contributed by atoms with E-state index in [0.717, 1.165) is 12.8 Å². The normalized spacial score (nSPS) is 15.0. The number of hydrogen-bond donors (Lipinski definition) is 0. The summed E-state index contributed by atoms with van der Waals surface area (Å²) in [5, 5.41) is 0.988. The van der Waals surface area contributed by atoms with Crippen molar-refractivity contribution in [2.75, 3.05) is 13.1 Å². The molecule has 1 amide bonds. The van der Waals surface area contributed by atoms with Crippen molar-refractivity contribution >= 4 is 29.3 Å². The van der Waals surface area contributed by atoms with E-state index in [0.29, 0.717) is 40.3 Å². The SMILES string of the molecule is CC(C)(C)OC(=O)N1CCC(Oc2cccnc2COc2ccc(Cl)cc2Cl)CC1. The van der Waals surface area contributed by atoms with E-state index in [4.69, 9.17) is 37.4 Å². The first-order valence-electron chi connectivity index (χ1n) is 9.87. The van der Waals surface area contributed by atoms with Crippen molar-refractivity contribution in [3.63, 3.8) is 0 Å². The molecule has 1 saturated heterocycles. The zero-order valence-electron chi connectivity index (χ0n) is 17.4. The van der Waals surface area contributed by atoms with Crippen LogP contribution in [0.15, 0.2) is 36.5 Å². The number of aromatic nitrogens is 1. The Kier molecular flexibility index (Phi) is 7.32. The Morgan fingerprint density at radius 3 is 2.57 bits per heavy atom. The van der Waals surface area contributed by atoms with Gasteiger partial charge in [-0.1, -0.05) is 23.2 Å². The van der Waals surface area contributed by atoms with Crippen molar-refractivity contribution in [1.29, 1.82) is 0 Å². The van der Waals surface area contributed by atoms with E-state index in [1.54, 1.807) is 29.3 Å². The molecule has 0 aliphatic carbocycles. The molecule has 0 unspecified atom stereocenters. The molecule has 8 heteroatoms. The van der Waals surface area contributed by atoms with Crippen molar-refractivity contribution in [1.82, 2.24) is 9.88 Å². The fourth-order valence-corrected chi connectivity index (χ4v) is 3.50. The number of ether oxygens (including phenoxy) is 3. The highest BCUT2D eigenvalue weighted by atomic mass is 35.5. The second-order valence-electron chi connectivity index (χ2n) is 8.10. The third-order valence-corrected chi connectivity index (χ3v) is 5.02. The first-order valence-corrected chi connectivity index (χ1v) is 10.6. The molecule has 1 aromatic heterocycles. The molecule has 6 nitrogen and oxygen atoms in total. The van der Waals surface area contributed by atoms with E-state index in [1.807, 2.05) is 32.9 Å². The highest BCUT2D eigenvalue weighted by Gasteiger charge is 2.28. The van der Waals surface area contributed by atoms with Crippen LogP contribution in [-0.4, -0.2) is 40.8 Å². The number of hydrogen-bond acceptors (Lipinski definition) is 5. The standard InChI is InChI=1S/C22H26Cl2N2O4/c1-22(2,3)30-21(27)26-11-8-16(9-12-26)29-20-5-4-10-25-18(20)14-28-19-7-6-15(23)13-17(19)24/h4-7,10,13,16H,8-9,11-12,14H2,1-3H3. The van der Waals surface area contributed by atoms with Crippen LogP contribution in [0.25, 0.3) is 0 Å². The Bertz CT molecular complexity index is 878. The number of carbonyl (C=O) groups is 1. The summed E-state index contributed by atoms with van der Waals surface area (Å²) >= 11 is 12.1. The maximum atomic E-state index is 12.2. The van der Waals surface area contributed by atoms with Crippen LogP contribution in [0.4, 0.5) is 4.79 Å². The Hall–Kier alpha value is -2.18. The predicted octanol–water partition coefficient (Wildman–Crippen LogP) is 5.75. The minimum absolute atomic E-state index is 0.00856. The van der Waals surface area contributed by atoms with Gasteiger partial charge in [0.1, 0.15) is 35.5 Å². The second kappa shape index (κ2) is 9.75. The average molecular weight is 453 g/mol. The van der Waals surface area contributed by atoms with Crippen LogP contribution >= 0.6 is 23.2 Å². The molecule has 0 bridgehead atoms. The zero-order chi connectivity index (χ0) is 21.7. The summed E-state index contributed by atoms with van der Waals surface area (Å²) in [5.74, 6) is 1.20. The second-order valence-corrected chi connectivity index (χ2v) is 8.94. The van der Waals surface area contributed by atoms with Crippen molar-refractivity contribution < 1.29 is 19.0 Å². The highest BCUT2D eigenvalue weighted by molar-refractivity contribution is 6.35. The number of benzene rings is 1. The molecule has 0 N–H and O–H groups in total. The number of likely N-dealkylation sites (tertiary alicyclic amines) is 1. The summed E-state index contributed by atoms with van der Waals surface area (Å²) in [5.41, 5.74) is 0.181. The summed E-state index contributed by atoms with van der Waals surface area (Å²) < 4.78 is 17.4. The third-order valence-electron chi connectivity index (χ3n) is 4.49. The van der Waals surface area contributed by atoms with E-state index >= 15 is 0 Å². The van der Waals surface area contributed by atoms with Crippen LogP contribution in [0.2, 0.25) is 10.0 Å². The molecule has 2 heterocycles. The Morgan fingerprint density at radius 1 is 1.17 bits per heavy atom. The average Bonchev–Trinajstić information content (AvgIpc) is 2.67. The monoisotopic (exact) mass is 452 g/mol.